The van der Waals surface area contributed by atoms with Gasteiger partial charge in [-0.1, -0.05) is 30.3 Å². The molecule has 0 saturated heterocycles. The van der Waals surface area contributed by atoms with Crippen molar-refractivity contribution in [2.75, 3.05) is 7.11 Å². The Kier molecular flexibility index (Phi) is 4.01. The van der Waals surface area contributed by atoms with Crippen LogP contribution in [-0.4, -0.2) is 7.11 Å². The maximum Gasteiger partial charge on any atom is 0.319 e. The molecule has 1 unspecified atom stereocenters. The molecule has 4 heteroatoms. The molecule has 0 saturated carbocycles. The maximum absolute atomic E-state index is 10.7. The fourth-order valence-corrected chi connectivity index (χ4v) is 1.18. The summed E-state index contributed by atoms with van der Waals surface area (Å²) in [5.41, 5.74) is 0.993. The van der Waals surface area contributed by atoms with Gasteiger partial charge in [0, 0.05) is 7.11 Å². The average molecular weight is 186 g/mol. The normalized spacial score (nSPS) is 12.8. The summed E-state index contributed by atoms with van der Waals surface area (Å²) >= 11 is 0. The first-order valence-corrected chi connectivity index (χ1v) is 4.80. The Balaban J connectivity index is 2.38. The molecule has 0 fully saturated rings. The molecule has 1 aromatic rings. The molecule has 1 aromatic carbocycles. The molecule has 1 rings (SSSR count). The van der Waals surface area contributed by atoms with Gasteiger partial charge in [0.15, 0.2) is 0 Å². The molecule has 0 N–H and O–H groups in total. The van der Waals surface area contributed by atoms with Gasteiger partial charge in [-0.15, -0.1) is 0 Å². The minimum absolute atomic E-state index is 0.340. The van der Waals surface area contributed by atoms with Crippen LogP contribution in [0.25, 0.3) is 0 Å². The highest BCUT2D eigenvalue weighted by atomic mass is 31.1. The van der Waals surface area contributed by atoms with Crippen molar-refractivity contribution in [2.24, 2.45) is 0 Å². The van der Waals surface area contributed by atoms with E-state index >= 15 is 0 Å². The lowest BCUT2D eigenvalue weighted by Crippen LogP contribution is -1.84. The van der Waals surface area contributed by atoms with Crippen LogP contribution in [0.5, 0.6) is 0 Å². The smallest absolute Gasteiger partial charge is 0.314 e. The van der Waals surface area contributed by atoms with E-state index in [9.17, 15) is 4.57 Å². The Morgan fingerprint density at radius 1 is 1.33 bits per heavy atom. The molecule has 0 bridgehead atoms. The van der Waals surface area contributed by atoms with Crippen molar-refractivity contribution in [2.45, 2.75) is 6.61 Å². The zero-order valence-electron chi connectivity index (χ0n) is 6.82. The summed E-state index contributed by atoms with van der Waals surface area (Å²) in [6.45, 7) is 0.340. The summed E-state index contributed by atoms with van der Waals surface area (Å²) in [5.74, 6) is 0. The predicted molar refractivity (Wildman–Crippen MR) is 47.2 cm³/mol. The zero-order chi connectivity index (χ0) is 8.81. The molecule has 0 spiro atoms. The maximum atomic E-state index is 10.7. The second-order valence-corrected chi connectivity index (χ2v) is 3.43. The van der Waals surface area contributed by atoms with Crippen LogP contribution in [0.15, 0.2) is 30.3 Å². The summed E-state index contributed by atoms with van der Waals surface area (Å²) in [4.78, 5) is 0. The third kappa shape index (κ3) is 3.18. The molecular formula is C8H11O3P. The van der Waals surface area contributed by atoms with Crippen molar-refractivity contribution in [3.05, 3.63) is 35.9 Å². The van der Waals surface area contributed by atoms with E-state index in [0.29, 0.717) is 6.61 Å². The van der Waals surface area contributed by atoms with Crippen molar-refractivity contribution in [1.82, 2.24) is 0 Å². The molecule has 66 valence electrons. The number of rotatable bonds is 4. The Morgan fingerprint density at radius 3 is 2.58 bits per heavy atom. The van der Waals surface area contributed by atoms with E-state index in [1.54, 1.807) is 0 Å². The van der Waals surface area contributed by atoms with E-state index in [1.807, 2.05) is 30.3 Å². The summed E-state index contributed by atoms with van der Waals surface area (Å²) in [7, 11) is -0.909. The highest BCUT2D eigenvalue weighted by Gasteiger charge is 1.96. The minimum Gasteiger partial charge on any atom is -0.314 e. The van der Waals surface area contributed by atoms with Crippen LogP contribution in [0.4, 0.5) is 0 Å². The molecule has 12 heavy (non-hydrogen) atoms. The van der Waals surface area contributed by atoms with E-state index in [0.717, 1.165) is 5.56 Å². The predicted octanol–water partition coefficient (Wildman–Crippen LogP) is 2.24. The SMILES string of the molecule is CO[PH](=O)OCc1ccccc1. The lowest BCUT2D eigenvalue weighted by atomic mass is 10.2. The number of hydrogen-bond donors (Lipinski definition) is 0. The van der Waals surface area contributed by atoms with Crippen LogP contribution in [-0.2, 0) is 20.2 Å². The fourth-order valence-electron chi connectivity index (χ4n) is 0.775. The molecule has 0 amide bonds. The monoisotopic (exact) mass is 186 g/mol. The van der Waals surface area contributed by atoms with Gasteiger partial charge in [-0.25, -0.2) is 0 Å². The highest BCUT2D eigenvalue weighted by Crippen LogP contribution is 2.23. The van der Waals surface area contributed by atoms with Gasteiger partial charge in [0.05, 0.1) is 6.61 Å². The topological polar surface area (TPSA) is 35.5 Å². The van der Waals surface area contributed by atoms with E-state index in [1.165, 1.54) is 7.11 Å². The zero-order valence-corrected chi connectivity index (χ0v) is 7.82. The number of hydrogen-bond acceptors (Lipinski definition) is 3. The van der Waals surface area contributed by atoms with Gasteiger partial charge >= 0.3 is 8.25 Å². The summed E-state index contributed by atoms with van der Waals surface area (Å²) in [6, 6.07) is 9.55. The van der Waals surface area contributed by atoms with E-state index in [4.69, 9.17) is 4.52 Å². The van der Waals surface area contributed by atoms with Crippen LogP contribution >= 0.6 is 8.25 Å². The van der Waals surface area contributed by atoms with Crippen molar-refractivity contribution in [3.8, 4) is 0 Å². The van der Waals surface area contributed by atoms with Crippen LogP contribution in [0.3, 0.4) is 0 Å². The Labute approximate surface area is 72.3 Å². The lowest BCUT2D eigenvalue weighted by Gasteiger charge is -2.01. The highest BCUT2D eigenvalue weighted by molar-refractivity contribution is 7.33. The molecule has 0 aromatic heterocycles. The van der Waals surface area contributed by atoms with Gasteiger partial charge in [0.1, 0.15) is 0 Å². The quantitative estimate of drug-likeness (QED) is 0.676. The van der Waals surface area contributed by atoms with Gasteiger partial charge in [0.25, 0.3) is 0 Å². The Morgan fingerprint density at radius 2 is 2.00 bits per heavy atom. The van der Waals surface area contributed by atoms with Crippen molar-refractivity contribution >= 4 is 8.25 Å². The Bertz CT molecular complexity index is 248. The second-order valence-electron chi connectivity index (χ2n) is 2.23. The van der Waals surface area contributed by atoms with Crippen molar-refractivity contribution in [1.29, 1.82) is 0 Å². The fraction of sp³-hybridized carbons (Fsp3) is 0.250. The summed E-state index contributed by atoms with van der Waals surface area (Å²) in [6.07, 6.45) is 0. The molecule has 3 nitrogen and oxygen atoms in total. The molecule has 0 aliphatic heterocycles. The molecular weight excluding hydrogens is 175 g/mol. The Hall–Kier alpha value is -0.630. The first-order valence-electron chi connectivity index (χ1n) is 3.57. The van der Waals surface area contributed by atoms with Gasteiger partial charge in [-0.3, -0.25) is 4.57 Å². The van der Waals surface area contributed by atoms with E-state index < -0.39 is 8.25 Å². The molecule has 0 heterocycles. The summed E-state index contributed by atoms with van der Waals surface area (Å²) in [5, 5.41) is 0. The van der Waals surface area contributed by atoms with Crippen molar-refractivity contribution in [3.63, 3.8) is 0 Å². The number of benzene rings is 1. The molecule has 0 aliphatic rings. The largest absolute Gasteiger partial charge is 0.319 e. The van der Waals surface area contributed by atoms with Crippen molar-refractivity contribution < 1.29 is 13.6 Å². The van der Waals surface area contributed by atoms with Gasteiger partial charge in [0.2, 0.25) is 0 Å². The van der Waals surface area contributed by atoms with Gasteiger partial charge < -0.3 is 9.05 Å². The van der Waals surface area contributed by atoms with Gasteiger partial charge in [-0.2, -0.15) is 0 Å². The van der Waals surface area contributed by atoms with E-state index in [-0.39, 0.29) is 0 Å². The first-order chi connectivity index (χ1) is 5.83. The summed E-state index contributed by atoms with van der Waals surface area (Å²) < 4.78 is 20.1. The third-order valence-corrected chi connectivity index (χ3v) is 2.08. The van der Waals surface area contributed by atoms with E-state index in [2.05, 4.69) is 4.52 Å². The molecule has 1 atom stereocenters. The second kappa shape index (κ2) is 5.09. The minimum atomic E-state index is -2.28. The lowest BCUT2D eigenvalue weighted by molar-refractivity contribution is 0.248. The molecule has 0 radical (unpaired) electrons. The van der Waals surface area contributed by atoms with Crippen LogP contribution in [0, 0.1) is 0 Å². The average Bonchev–Trinajstić information content (AvgIpc) is 2.16. The molecule has 0 aliphatic carbocycles. The first kappa shape index (κ1) is 9.46. The van der Waals surface area contributed by atoms with Crippen LogP contribution in [0.2, 0.25) is 0 Å². The van der Waals surface area contributed by atoms with Crippen LogP contribution < -0.4 is 0 Å². The van der Waals surface area contributed by atoms with Crippen LogP contribution in [0.1, 0.15) is 5.56 Å². The van der Waals surface area contributed by atoms with Gasteiger partial charge in [-0.05, 0) is 5.56 Å². The standard InChI is InChI=1S/C8H11O3P/c1-10-12(9)11-7-8-5-3-2-4-6-8/h2-6,12H,7H2,1H3. The third-order valence-electron chi connectivity index (χ3n) is 1.37.